The summed E-state index contributed by atoms with van der Waals surface area (Å²) in [7, 11) is -3.60. The van der Waals surface area contributed by atoms with E-state index in [1.165, 1.54) is 0 Å². The first-order valence-corrected chi connectivity index (χ1v) is 13.9. The number of hydrogen-bond donors (Lipinski definition) is 0. The molecule has 3 aliphatic rings. The Morgan fingerprint density at radius 3 is 2.37 bits per heavy atom. The van der Waals surface area contributed by atoms with Crippen LogP contribution >= 0.6 is 0 Å². The molecule has 0 radical (unpaired) electrons. The van der Waals surface area contributed by atoms with Crippen molar-refractivity contribution in [3.8, 4) is 0 Å². The van der Waals surface area contributed by atoms with Gasteiger partial charge in [-0.1, -0.05) is 43.3 Å². The largest absolute Gasteiger partial charge is 0.371 e. The Morgan fingerprint density at radius 1 is 1.00 bits per heavy atom. The number of aromatic nitrogens is 3. The lowest BCUT2D eigenvalue weighted by Crippen LogP contribution is -2.46. The molecule has 2 saturated heterocycles. The number of sulfonamides is 1. The molecule has 35 heavy (non-hydrogen) atoms. The highest BCUT2D eigenvalue weighted by Crippen LogP contribution is 2.55. The van der Waals surface area contributed by atoms with Gasteiger partial charge in [-0.3, -0.25) is 0 Å². The number of benzene rings is 2. The van der Waals surface area contributed by atoms with Crippen molar-refractivity contribution in [1.82, 2.24) is 19.1 Å². The van der Waals surface area contributed by atoms with E-state index in [4.69, 9.17) is 0 Å². The molecule has 0 N–H and O–H groups in total. The van der Waals surface area contributed by atoms with E-state index in [0.29, 0.717) is 36.3 Å². The normalized spacial score (nSPS) is 29.8. The molecule has 7 nitrogen and oxygen atoms in total. The molecule has 1 aliphatic carbocycles. The third-order valence-corrected chi connectivity index (χ3v) is 10.5. The van der Waals surface area contributed by atoms with Gasteiger partial charge in [-0.2, -0.15) is 4.31 Å². The van der Waals surface area contributed by atoms with Crippen LogP contribution in [0.3, 0.4) is 0 Å². The Morgan fingerprint density at radius 2 is 1.71 bits per heavy atom. The monoisotopic (exact) mass is 495 g/mol. The van der Waals surface area contributed by atoms with Crippen LogP contribution in [0.15, 0.2) is 61.2 Å². The van der Waals surface area contributed by atoms with Crippen LogP contribution in [0.5, 0.6) is 0 Å². The molecule has 3 heterocycles. The number of fused-ring (bicyclic) bond motifs is 1. The fourth-order valence-electron chi connectivity index (χ4n) is 6.18. The Bertz CT molecular complexity index is 1290. The van der Waals surface area contributed by atoms with E-state index in [0.717, 1.165) is 30.8 Å². The zero-order valence-corrected chi connectivity index (χ0v) is 20.6. The van der Waals surface area contributed by atoms with Crippen molar-refractivity contribution in [2.75, 3.05) is 18.0 Å². The van der Waals surface area contributed by atoms with Gasteiger partial charge in [0.2, 0.25) is 10.0 Å². The molecule has 9 heteroatoms. The molecule has 1 saturated carbocycles. The molecule has 0 spiro atoms. The third-order valence-electron chi connectivity index (χ3n) is 8.16. The average molecular weight is 496 g/mol. The SMILES string of the molecule is CC[C@H]1CC[C@@H](c2ccccc2)S(=O)(=O)N1Cc1ccc(N2C[C@@H]3C(n4cnnc4)[C@@H]3C2)cc1F. The third kappa shape index (κ3) is 3.94. The van der Waals surface area contributed by atoms with Gasteiger partial charge in [0, 0.05) is 54.8 Å². The molecule has 2 aliphatic heterocycles. The second kappa shape index (κ2) is 8.71. The summed E-state index contributed by atoms with van der Waals surface area (Å²) in [6.07, 6.45) is 5.62. The zero-order valence-electron chi connectivity index (χ0n) is 19.7. The van der Waals surface area contributed by atoms with Gasteiger partial charge < -0.3 is 9.47 Å². The Balaban J connectivity index is 1.19. The summed E-state index contributed by atoms with van der Waals surface area (Å²) in [5.41, 5.74) is 2.09. The van der Waals surface area contributed by atoms with E-state index >= 15 is 4.39 Å². The first-order valence-electron chi connectivity index (χ1n) is 12.4. The molecule has 5 atom stereocenters. The Hall–Kier alpha value is -2.78. The summed E-state index contributed by atoms with van der Waals surface area (Å²) < 4.78 is 46.2. The van der Waals surface area contributed by atoms with Gasteiger partial charge in [0.1, 0.15) is 23.7 Å². The highest BCUT2D eigenvalue weighted by molar-refractivity contribution is 7.89. The lowest BCUT2D eigenvalue weighted by atomic mass is 10.0. The first kappa shape index (κ1) is 22.7. The predicted molar refractivity (Wildman–Crippen MR) is 132 cm³/mol. The van der Waals surface area contributed by atoms with Gasteiger partial charge in [-0.15, -0.1) is 10.2 Å². The number of anilines is 1. The van der Waals surface area contributed by atoms with E-state index in [2.05, 4.69) is 19.7 Å². The minimum Gasteiger partial charge on any atom is -0.371 e. The molecule has 3 fully saturated rings. The van der Waals surface area contributed by atoms with Crippen molar-refractivity contribution in [3.63, 3.8) is 0 Å². The predicted octanol–water partition coefficient (Wildman–Crippen LogP) is 4.17. The van der Waals surface area contributed by atoms with Crippen molar-refractivity contribution in [3.05, 3.63) is 78.1 Å². The summed E-state index contributed by atoms with van der Waals surface area (Å²) in [6.45, 7) is 3.82. The van der Waals surface area contributed by atoms with Crippen LogP contribution in [-0.2, 0) is 16.6 Å². The van der Waals surface area contributed by atoms with Crippen LogP contribution in [0.4, 0.5) is 10.1 Å². The van der Waals surface area contributed by atoms with Crippen molar-refractivity contribution >= 4 is 15.7 Å². The molecule has 3 aromatic rings. The van der Waals surface area contributed by atoms with Gasteiger partial charge >= 0.3 is 0 Å². The second-order valence-electron chi connectivity index (χ2n) is 10.0. The molecule has 6 rings (SSSR count). The second-order valence-corrected chi connectivity index (χ2v) is 12.1. The first-order chi connectivity index (χ1) is 17.0. The average Bonchev–Trinajstić information content (AvgIpc) is 3.24. The minimum absolute atomic E-state index is 0.0667. The van der Waals surface area contributed by atoms with Crippen LogP contribution in [0.1, 0.15) is 48.6 Å². The van der Waals surface area contributed by atoms with Crippen molar-refractivity contribution < 1.29 is 12.8 Å². The zero-order chi connectivity index (χ0) is 24.2. The summed E-state index contributed by atoms with van der Waals surface area (Å²) in [6, 6.07) is 15.0. The maximum absolute atomic E-state index is 15.3. The lowest BCUT2D eigenvalue weighted by Gasteiger charge is -2.39. The van der Waals surface area contributed by atoms with Crippen LogP contribution in [0.25, 0.3) is 0 Å². The van der Waals surface area contributed by atoms with Gasteiger partial charge in [0.05, 0.1) is 0 Å². The van der Waals surface area contributed by atoms with Gasteiger partial charge in [0.25, 0.3) is 0 Å². The highest BCUT2D eigenvalue weighted by Gasteiger charge is 2.57. The molecule has 0 amide bonds. The van der Waals surface area contributed by atoms with E-state index in [1.54, 1.807) is 29.1 Å². The summed E-state index contributed by atoms with van der Waals surface area (Å²) >= 11 is 0. The molecular formula is C26H30FN5O2S. The minimum atomic E-state index is -3.60. The maximum Gasteiger partial charge on any atom is 0.221 e. The summed E-state index contributed by atoms with van der Waals surface area (Å²) in [5, 5.41) is 7.23. The van der Waals surface area contributed by atoms with Crippen molar-refractivity contribution in [1.29, 1.82) is 0 Å². The van der Waals surface area contributed by atoms with E-state index in [1.807, 2.05) is 43.3 Å². The molecule has 0 bridgehead atoms. The smallest absolute Gasteiger partial charge is 0.221 e. The highest BCUT2D eigenvalue weighted by atomic mass is 32.2. The van der Waals surface area contributed by atoms with E-state index in [9.17, 15) is 8.42 Å². The fourth-order valence-corrected chi connectivity index (χ4v) is 8.43. The number of halogens is 1. The maximum atomic E-state index is 15.3. The quantitative estimate of drug-likeness (QED) is 0.513. The summed E-state index contributed by atoms with van der Waals surface area (Å²) in [4.78, 5) is 2.22. The Labute approximate surface area is 205 Å². The topological polar surface area (TPSA) is 71.3 Å². The van der Waals surface area contributed by atoms with Gasteiger partial charge in [0.15, 0.2) is 0 Å². The number of hydrogen-bond acceptors (Lipinski definition) is 5. The lowest BCUT2D eigenvalue weighted by molar-refractivity contribution is 0.257. The number of rotatable bonds is 6. The molecular weight excluding hydrogens is 465 g/mol. The molecule has 1 aromatic heterocycles. The molecule has 184 valence electrons. The molecule has 1 unspecified atom stereocenters. The van der Waals surface area contributed by atoms with Gasteiger partial charge in [-0.05, 0) is 37.0 Å². The number of piperidine rings is 1. The van der Waals surface area contributed by atoms with Crippen molar-refractivity contribution in [2.24, 2.45) is 11.8 Å². The van der Waals surface area contributed by atoms with E-state index < -0.39 is 15.3 Å². The van der Waals surface area contributed by atoms with Crippen LogP contribution < -0.4 is 4.90 Å². The standard InChI is InChI=1S/C26H30FN5O2S/c1-2-20-10-11-25(18-6-4-3-5-7-18)35(33,34)32(20)13-19-8-9-21(12-24(19)27)30-14-22-23(15-30)26(22)31-16-28-29-17-31/h3-9,12,16-17,20,22-23,25-26H,2,10-11,13-15H2,1H3/t20-,22-,23+,25-,26?/m0/s1. The fraction of sp³-hybridized carbons (Fsp3) is 0.462. The van der Waals surface area contributed by atoms with Crippen LogP contribution in [-0.4, -0.2) is 46.6 Å². The van der Waals surface area contributed by atoms with Crippen molar-refractivity contribution in [2.45, 2.75) is 50.1 Å². The van der Waals surface area contributed by atoms with Crippen LogP contribution in [0.2, 0.25) is 0 Å². The summed E-state index contributed by atoms with van der Waals surface area (Å²) in [5.74, 6) is 0.727. The van der Waals surface area contributed by atoms with Gasteiger partial charge in [-0.25, -0.2) is 12.8 Å². The van der Waals surface area contributed by atoms with E-state index in [-0.39, 0.29) is 18.4 Å². The van der Waals surface area contributed by atoms with Crippen LogP contribution in [0, 0.1) is 17.7 Å². The molecule has 2 aromatic carbocycles. The number of nitrogens with zero attached hydrogens (tertiary/aromatic N) is 5. The Kier molecular flexibility index (Phi) is 5.64.